The van der Waals surface area contributed by atoms with E-state index in [-0.39, 0.29) is 23.8 Å². The van der Waals surface area contributed by atoms with Crippen LogP contribution in [-0.4, -0.2) is 36.2 Å². The monoisotopic (exact) mass is 444 g/mol. The summed E-state index contributed by atoms with van der Waals surface area (Å²) >= 11 is 0. The normalized spacial score (nSPS) is 22.8. The van der Waals surface area contributed by atoms with E-state index in [2.05, 4.69) is 42.3 Å². The summed E-state index contributed by atoms with van der Waals surface area (Å²) < 4.78 is 38.5. The molecular formula is C25H27F3N2O2. The maximum absolute atomic E-state index is 12.8. The lowest BCUT2D eigenvalue weighted by Crippen LogP contribution is -2.44. The number of carbonyl (C=O) groups excluding carboxylic acids is 2. The molecule has 1 saturated carbocycles. The molecule has 3 atom stereocenters. The number of alkyl halides is 3. The molecule has 1 amide bonds. The lowest BCUT2D eigenvalue weighted by Gasteiger charge is -2.38. The highest BCUT2D eigenvalue weighted by Crippen LogP contribution is 2.46. The summed E-state index contributed by atoms with van der Waals surface area (Å²) in [6.07, 6.45) is -3.70. The lowest BCUT2D eigenvalue weighted by atomic mass is 9.65. The number of hydrogen-bond donors (Lipinski definition) is 1. The number of aryl methyl sites for hydroxylation is 2. The van der Waals surface area contributed by atoms with Crippen LogP contribution in [0.3, 0.4) is 0 Å². The number of benzene rings is 2. The second-order valence-corrected chi connectivity index (χ2v) is 9.12. The van der Waals surface area contributed by atoms with Gasteiger partial charge in [0.15, 0.2) is 5.78 Å². The van der Waals surface area contributed by atoms with Crippen molar-refractivity contribution < 1.29 is 22.8 Å². The fourth-order valence-corrected chi connectivity index (χ4v) is 5.00. The second kappa shape index (κ2) is 8.70. The molecule has 4 rings (SSSR count). The van der Waals surface area contributed by atoms with Crippen molar-refractivity contribution in [2.24, 2.45) is 17.8 Å². The molecule has 0 bridgehead atoms. The Kier molecular flexibility index (Phi) is 6.12. The van der Waals surface area contributed by atoms with Crippen molar-refractivity contribution >= 4 is 11.7 Å². The Bertz CT molecular complexity index is 1030. The van der Waals surface area contributed by atoms with Gasteiger partial charge in [-0.3, -0.25) is 14.5 Å². The summed E-state index contributed by atoms with van der Waals surface area (Å²) in [6.45, 7) is 6.74. The molecule has 1 aliphatic carbocycles. The Morgan fingerprint density at radius 3 is 2.59 bits per heavy atom. The first kappa shape index (κ1) is 22.5. The number of Topliss-reactive ketones (excluding diaryl/α,β-unsaturated/α-hetero) is 1. The van der Waals surface area contributed by atoms with Crippen LogP contribution in [0.15, 0.2) is 42.5 Å². The number of rotatable bonds is 6. The van der Waals surface area contributed by atoms with Crippen molar-refractivity contribution in [2.45, 2.75) is 33.0 Å². The highest BCUT2D eigenvalue weighted by atomic mass is 19.4. The zero-order valence-corrected chi connectivity index (χ0v) is 18.2. The van der Waals surface area contributed by atoms with Crippen LogP contribution < -0.4 is 5.32 Å². The first-order valence-electron chi connectivity index (χ1n) is 10.9. The van der Waals surface area contributed by atoms with Gasteiger partial charge in [0.05, 0.1) is 12.1 Å². The summed E-state index contributed by atoms with van der Waals surface area (Å²) in [5.74, 6) is -0.0123. The van der Waals surface area contributed by atoms with Gasteiger partial charge >= 0.3 is 6.18 Å². The summed E-state index contributed by atoms with van der Waals surface area (Å²) in [5, 5.41) is 2.50. The van der Waals surface area contributed by atoms with Crippen LogP contribution in [0, 0.1) is 31.6 Å². The van der Waals surface area contributed by atoms with Gasteiger partial charge in [-0.25, -0.2) is 0 Å². The van der Waals surface area contributed by atoms with Gasteiger partial charge < -0.3 is 5.32 Å². The molecule has 2 fully saturated rings. The molecule has 1 heterocycles. The van der Waals surface area contributed by atoms with Gasteiger partial charge in [-0.05, 0) is 61.4 Å². The van der Waals surface area contributed by atoms with Gasteiger partial charge in [-0.2, -0.15) is 13.2 Å². The molecule has 1 N–H and O–H groups in total. The minimum Gasteiger partial charge on any atom is -0.345 e. The molecule has 3 unspecified atom stereocenters. The lowest BCUT2D eigenvalue weighted by molar-refractivity contribution is -0.137. The van der Waals surface area contributed by atoms with Crippen LogP contribution >= 0.6 is 0 Å². The van der Waals surface area contributed by atoms with E-state index < -0.39 is 17.6 Å². The van der Waals surface area contributed by atoms with Crippen molar-refractivity contribution in [3.05, 3.63) is 70.3 Å². The van der Waals surface area contributed by atoms with Crippen LogP contribution in [0.25, 0.3) is 0 Å². The number of amides is 1. The Balaban J connectivity index is 1.29. The van der Waals surface area contributed by atoms with E-state index in [4.69, 9.17) is 0 Å². The van der Waals surface area contributed by atoms with Crippen molar-refractivity contribution in [3.8, 4) is 0 Å². The van der Waals surface area contributed by atoms with Gasteiger partial charge in [0.1, 0.15) is 0 Å². The Labute approximate surface area is 185 Å². The van der Waals surface area contributed by atoms with Gasteiger partial charge in [-0.15, -0.1) is 0 Å². The minimum absolute atomic E-state index is 0.0417. The van der Waals surface area contributed by atoms with E-state index in [1.165, 1.54) is 28.8 Å². The molecule has 0 aromatic heterocycles. The smallest absolute Gasteiger partial charge is 0.345 e. The van der Waals surface area contributed by atoms with Crippen LogP contribution in [0.4, 0.5) is 13.2 Å². The molecule has 1 saturated heterocycles. The first-order chi connectivity index (χ1) is 15.1. The van der Waals surface area contributed by atoms with E-state index in [1.807, 2.05) is 0 Å². The summed E-state index contributed by atoms with van der Waals surface area (Å²) in [7, 11) is 0. The third-order valence-electron chi connectivity index (χ3n) is 6.82. The maximum Gasteiger partial charge on any atom is 0.416 e. The molecular weight excluding hydrogens is 417 g/mol. The fourth-order valence-electron chi connectivity index (χ4n) is 5.00. The van der Waals surface area contributed by atoms with E-state index >= 15 is 0 Å². The van der Waals surface area contributed by atoms with Gasteiger partial charge in [-0.1, -0.05) is 29.8 Å². The highest BCUT2D eigenvalue weighted by molar-refractivity contribution is 5.97. The van der Waals surface area contributed by atoms with Crippen LogP contribution in [0.2, 0.25) is 0 Å². The number of halogens is 3. The van der Waals surface area contributed by atoms with Crippen LogP contribution in [0.1, 0.15) is 39.0 Å². The molecule has 2 aromatic carbocycles. The average molecular weight is 444 g/mol. The molecule has 170 valence electrons. The van der Waals surface area contributed by atoms with E-state index in [1.54, 1.807) is 0 Å². The van der Waals surface area contributed by atoms with E-state index in [9.17, 15) is 22.8 Å². The van der Waals surface area contributed by atoms with Crippen molar-refractivity contribution in [1.29, 1.82) is 0 Å². The van der Waals surface area contributed by atoms with Crippen molar-refractivity contribution in [3.63, 3.8) is 0 Å². The highest BCUT2D eigenvalue weighted by Gasteiger charge is 2.49. The second-order valence-electron chi connectivity index (χ2n) is 9.12. The number of ketones is 1. The molecule has 0 radical (unpaired) electrons. The van der Waals surface area contributed by atoms with Crippen LogP contribution in [-0.2, 0) is 17.5 Å². The van der Waals surface area contributed by atoms with E-state index in [0.29, 0.717) is 11.8 Å². The Morgan fingerprint density at radius 1 is 1.09 bits per heavy atom. The molecule has 1 aliphatic heterocycles. The van der Waals surface area contributed by atoms with Crippen molar-refractivity contribution in [2.75, 3.05) is 19.6 Å². The number of fused-ring (bicyclic) bond motifs is 1. The minimum atomic E-state index is -4.52. The number of likely N-dealkylation sites (tertiary alicyclic amines) is 1. The summed E-state index contributed by atoms with van der Waals surface area (Å²) in [5.41, 5.74) is 2.83. The zero-order chi connectivity index (χ0) is 23.0. The number of nitrogens with zero attached hydrogens (tertiary/aromatic N) is 1. The zero-order valence-electron chi connectivity index (χ0n) is 18.2. The number of nitrogens with one attached hydrogen (secondary N) is 1. The van der Waals surface area contributed by atoms with Crippen molar-refractivity contribution in [1.82, 2.24) is 10.2 Å². The third-order valence-corrected chi connectivity index (χ3v) is 6.82. The number of hydrogen-bond acceptors (Lipinski definition) is 3. The molecule has 4 nitrogen and oxygen atoms in total. The standard InChI is InChI=1S/C25H27F3N2O2/c1-15-6-7-18(16(2)8-15)12-30-13-19-10-21(22(19)14-30)23(31)11-29-24(32)17-4-3-5-20(9-17)25(26,27)28/h3-9,19,21-22H,10-14H2,1-2H3,(H,29,32). The quantitative estimate of drug-likeness (QED) is 0.719. The first-order valence-corrected chi connectivity index (χ1v) is 10.9. The Hall–Kier alpha value is -2.67. The molecule has 32 heavy (non-hydrogen) atoms. The topological polar surface area (TPSA) is 49.4 Å². The van der Waals surface area contributed by atoms with Gasteiger partial charge in [0, 0.05) is 31.1 Å². The predicted molar refractivity (Wildman–Crippen MR) is 115 cm³/mol. The molecule has 2 aromatic rings. The summed E-state index contributed by atoms with van der Waals surface area (Å²) in [6, 6.07) is 10.7. The largest absolute Gasteiger partial charge is 0.416 e. The van der Waals surface area contributed by atoms with Gasteiger partial charge in [0.2, 0.25) is 0 Å². The van der Waals surface area contributed by atoms with Crippen LogP contribution in [0.5, 0.6) is 0 Å². The Morgan fingerprint density at radius 2 is 1.88 bits per heavy atom. The summed E-state index contributed by atoms with van der Waals surface area (Å²) in [4.78, 5) is 27.3. The third kappa shape index (κ3) is 4.72. The predicted octanol–water partition coefficient (Wildman–Crippen LogP) is 4.39. The van der Waals surface area contributed by atoms with Gasteiger partial charge in [0.25, 0.3) is 5.91 Å². The molecule has 7 heteroatoms. The molecule has 2 aliphatic rings. The maximum atomic E-state index is 12.8. The average Bonchev–Trinajstić information content (AvgIpc) is 3.03. The fraction of sp³-hybridized carbons (Fsp3) is 0.440. The van der Waals surface area contributed by atoms with E-state index in [0.717, 1.165) is 38.2 Å². The number of carbonyl (C=O) groups is 2. The SMILES string of the molecule is Cc1ccc(CN2CC3CC(C(=O)CNC(=O)c4cccc(C(F)(F)F)c4)C3C2)c(C)c1. The molecule has 0 spiro atoms.